The Morgan fingerprint density at radius 2 is 1.81 bits per heavy atom. The van der Waals surface area contributed by atoms with Crippen LogP contribution in [0.25, 0.3) is 10.2 Å². The minimum atomic E-state index is -0.298. The smallest absolute Gasteiger partial charge is 0.257 e. The number of aromatic nitrogens is 1. The molecule has 3 rings (SSSR count). The van der Waals surface area contributed by atoms with Crippen molar-refractivity contribution in [2.24, 2.45) is 0 Å². The highest BCUT2D eigenvalue weighted by molar-refractivity contribution is 7.23. The van der Waals surface area contributed by atoms with E-state index in [1.807, 2.05) is 13.8 Å². The Morgan fingerprint density at radius 3 is 2.52 bits per heavy atom. The van der Waals surface area contributed by atoms with E-state index in [0.717, 1.165) is 4.70 Å². The predicted octanol–water partition coefficient (Wildman–Crippen LogP) is 5.01. The second-order valence-corrected chi connectivity index (χ2v) is 6.83. The van der Waals surface area contributed by atoms with E-state index in [9.17, 15) is 4.79 Å². The molecule has 0 spiro atoms. The number of halogens is 1. The average molecular weight is 407 g/mol. The summed E-state index contributed by atoms with van der Waals surface area (Å²) in [6, 6.07) is 8.56. The fourth-order valence-corrected chi connectivity index (χ4v) is 3.68. The molecule has 0 saturated carbocycles. The van der Waals surface area contributed by atoms with Gasteiger partial charge in [0.05, 0.1) is 30.0 Å². The minimum absolute atomic E-state index is 0.298. The van der Waals surface area contributed by atoms with Crippen LogP contribution in [0.2, 0.25) is 5.02 Å². The number of fused-ring (bicyclic) bond motifs is 1. The number of carbonyl (C=O) groups excluding carboxylic acids is 1. The molecular weight excluding hydrogens is 388 g/mol. The van der Waals surface area contributed by atoms with Crippen LogP contribution in [0.1, 0.15) is 24.2 Å². The second kappa shape index (κ2) is 8.45. The van der Waals surface area contributed by atoms with E-state index in [-0.39, 0.29) is 5.91 Å². The summed E-state index contributed by atoms with van der Waals surface area (Å²) in [5, 5.41) is 3.80. The lowest BCUT2D eigenvalue weighted by Crippen LogP contribution is -2.12. The van der Waals surface area contributed by atoms with Crippen molar-refractivity contribution in [3.8, 4) is 17.2 Å². The number of hydrogen-bond donors (Lipinski definition) is 1. The number of hydrogen-bond acceptors (Lipinski definition) is 6. The molecule has 0 aliphatic heterocycles. The first-order valence-corrected chi connectivity index (χ1v) is 9.60. The molecule has 0 bridgehead atoms. The van der Waals surface area contributed by atoms with Crippen LogP contribution in [0, 0.1) is 0 Å². The molecule has 1 amide bonds. The van der Waals surface area contributed by atoms with Gasteiger partial charge in [-0.3, -0.25) is 10.1 Å². The summed E-state index contributed by atoms with van der Waals surface area (Å²) < 4.78 is 17.2. The van der Waals surface area contributed by atoms with E-state index in [4.69, 9.17) is 25.8 Å². The summed E-state index contributed by atoms with van der Waals surface area (Å²) in [6.07, 6.45) is 0. The van der Waals surface area contributed by atoms with Gasteiger partial charge in [-0.25, -0.2) is 4.98 Å². The molecule has 27 heavy (non-hydrogen) atoms. The van der Waals surface area contributed by atoms with Gasteiger partial charge in [0.15, 0.2) is 16.6 Å². The Hall–Kier alpha value is -2.51. The molecule has 0 unspecified atom stereocenters. The van der Waals surface area contributed by atoms with Crippen LogP contribution in [0.3, 0.4) is 0 Å². The number of rotatable bonds is 7. The first-order chi connectivity index (χ1) is 13.1. The fourth-order valence-electron chi connectivity index (χ4n) is 2.53. The monoisotopic (exact) mass is 406 g/mol. The first-order valence-electron chi connectivity index (χ1n) is 8.41. The van der Waals surface area contributed by atoms with Crippen LogP contribution >= 0.6 is 22.9 Å². The van der Waals surface area contributed by atoms with Crippen molar-refractivity contribution in [1.29, 1.82) is 0 Å². The normalized spacial score (nSPS) is 10.7. The van der Waals surface area contributed by atoms with Crippen molar-refractivity contribution in [3.05, 3.63) is 40.9 Å². The Morgan fingerprint density at radius 1 is 1.11 bits per heavy atom. The number of thiazole rings is 1. The van der Waals surface area contributed by atoms with Crippen molar-refractivity contribution in [1.82, 2.24) is 4.98 Å². The van der Waals surface area contributed by atoms with E-state index < -0.39 is 0 Å². The lowest BCUT2D eigenvalue weighted by Gasteiger charge is -2.12. The summed E-state index contributed by atoms with van der Waals surface area (Å²) in [6.45, 7) is 4.75. The van der Waals surface area contributed by atoms with Gasteiger partial charge in [0.25, 0.3) is 5.91 Å². The highest BCUT2D eigenvalue weighted by atomic mass is 35.5. The number of ether oxygens (including phenoxy) is 3. The van der Waals surface area contributed by atoms with Gasteiger partial charge in [-0.2, -0.15) is 0 Å². The zero-order valence-electron chi connectivity index (χ0n) is 15.2. The van der Waals surface area contributed by atoms with Gasteiger partial charge in [0.2, 0.25) is 0 Å². The Bertz CT molecular complexity index is 974. The predicted molar refractivity (Wildman–Crippen MR) is 108 cm³/mol. The van der Waals surface area contributed by atoms with E-state index >= 15 is 0 Å². The van der Waals surface area contributed by atoms with Crippen LogP contribution in [0.5, 0.6) is 17.2 Å². The zero-order valence-corrected chi connectivity index (χ0v) is 16.7. The van der Waals surface area contributed by atoms with Crippen LogP contribution in [0.15, 0.2) is 30.3 Å². The molecule has 0 aliphatic rings. The third-order valence-electron chi connectivity index (χ3n) is 3.70. The molecule has 1 aromatic heterocycles. The van der Waals surface area contributed by atoms with Crippen molar-refractivity contribution in [3.63, 3.8) is 0 Å². The van der Waals surface area contributed by atoms with Crippen molar-refractivity contribution < 1.29 is 19.0 Å². The molecule has 0 fully saturated rings. The number of carbonyl (C=O) groups is 1. The van der Waals surface area contributed by atoms with E-state index in [1.165, 1.54) is 11.3 Å². The molecule has 6 nitrogen and oxygen atoms in total. The Balaban J connectivity index is 1.88. The number of amides is 1. The van der Waals surface area contributed by atoms with Gasteiger partial charge in [-0.15, -0.1) is 0 Å². The first kappa shape index (κ1) is 19.3. The fraction of sp³-hybridized carbons (Fsp3) is 0.263. The van der Waals surface area contributed by atoms with Gasteiger partial charge in [-0.05, 0) is 44.2 Å². The lowest BCUT2D eigenvalue weighted by atomic mass is 10.2. The lowest BCUT2D eigenvalue weighted by molar-refractivity contribution is 0.102. The Kier molecular flexibility index (Phi) is 6.03. The number of nitrogens with one attached hydrogen (secondary N) is 1. The van der Waals surface area contributed by atoms with Crippen LogP contribution in [-0.4, -0.2) is 31.2 Å². The summed E-state index contributed by atoms with van der Waals surface area (Å²) in [7, 11) is 1.56. The van der Waals surface area contributed by atoms with Gasteiger partial charge in [0.1, 0.15) is 11.3 Å². The standard InChI is InChI=1S/C19H19ClN2O4S/c1-4-25-13-8-6-11(10-15(13)26-5-2)18(23)22-19-21-16-14(24-3)9-7-12(20)17(16)27-19/h6-10H,4-5H2,1-3H3,(H,21,22,23). The summed E-state index contributed by atoms with van der Waals surface area (Å²) >= 11 is 7.52. The molecular formula is C19H19ClN2O4S. The molecule has 1 heterocycles. The highest BCUT2D eigenvalue weighted by Crippen LogP contribution is 2.37. The molecule has 2 aromatic carbocycles. The van der Waals surface area contributed by atoms with E-state index in [2.05, 4.69) is 10.3 Å². The molecule has 0 radical (unpaired) electrons. The zero-order chi connectivity index (χ0) is 19.4. The summed E-state index contributed by atoms with van der Waals surface area (Å²) in [5.41, 5.74) is 1.06. The maximum Gasteiger partial charge on any atom is 0.257 e. The summed E-state index contributed by atoms with van der Waals surface area (Å²) in [5.74, 6) is 1.44. The van der Waals surface area contributed by atoms with Gasteiger partial charge in [0, 0.05) is 5.56 Å². The van der Waals surface area contributed by atoms with Crippen molar-refractivity contribution in [2.45, 2.75) is 13.8 Å². The molecule has 3 aromatic rings. The van der Waals surface area contributed by atoms with Crippen LogP contribution in [0.4, 0.5) is 5.13 Å². The topological polar surface area (TPSA) is 69.7 Å². The van der Waals surface area contributed by atoms with E-state index in [0.29, 0.717) is 51.7 Å². The maximum atomic E-state index is 12.7. The molecule has 0 atom stereocenters. The molecule has 8 heteroatoms. The van der Waals surface area contributed by atoms with E-state index in [1.54, 1.807) is 37.4 Å². The highest BCUT2D eigenvalue weighted by Gasteiger charge is 2.16. The third-order valence-corrected chi connectivity index (χ3v) is 5.14. The van der Waals surface area contributed by atoms with Crippen LogP contribution in [-0.2, 0) is 0 Å². The maximum absolute atomic E-state index is 12.7. The number of methoxy groups -OCH3 is 1. The number of nitrogens with zero attached hydrogens (tertiary/aromatic N) is 1. The molecule has 142 valence electrons. The van der Waals surface area contributed by atoms with Gasteiger partial charge < -0.3 is 14.2 Å². The summed E-state index contributed by atoms with van der Waals surface area (Å²) in [4.78, 5) is 17.1. The van der Waals surface area contributed by atoms with Crippen molar-refractivity contribution in [2.75, 3.05) is 25.6 Å². The van der Waals surface area contributed by atoms with Crippen molar-refractivity contribution >= 4 is 44.2 Å². The largest absolute Gasteiger partial charge is 0.494 e. The van der Waals surface area contributed by atoms with Gasteiger partial charge >= 0.3 is 0 Å². The SMILES string of the molecule is CCOc1ccc(C(=O)Nc2nc3c(OC)ccc(Cl)c3s2)cc1OCC. The minimum Gasteiger partial charge on any atom is -0.494 e. The van der Waals surface area contributed by atoms with Gasteiger partial charge in [-0.1, -0.05) is 22.9 Å². The van der Waals surface area contributed by atoms with Crippen LogP contribution < -0.4 is 19.5 Å². The molecule has 1 N–H and O–H groups in total. The number of benzene rings is 2. The quantitative estimate of drug-likeness (QED) is 0.597. The average Bonchev–Trinajstić information content (AvgIpc) is 3.08. The molecule has 0 aliphatic carbocycles. The number of anilines is 1. The molecule has 0 saturated heterocycles. The third kappa shape index (κ3) is 4.09. The second-order valence-electron chi connectivity index (χ2n) is 5.43. The Labute approximate surface area is 166 Å².